The topological polar surface area (TPSA) is 63.2 Å². The molecule has 0 aromatic heterocycles. The highest BCUT2D eigenvalue weighted by Crippen LogP contribution is 2.18. The number of halogens is 1. The molecule has 0 atom stereocenters. The summed E-state index contributed by atoms with van der Waals surface area (Å²) in [7, 11) is -3.25. The number of nitrogens with one attached hydrogen (secondary N) is 1. The van der Waals surface area contributed by atoms with Crippen molar-refractivity contribution in [2.45, 2.75) is 37.1 Å². The molecule has 0 saturated carbocycles. The summed E-state index contributed by atoms with van der Waals surface area (Å²) in [6.07, 6.45) is 2.61. The average molecular weight is 318 g/mol. The monoisotopic (exact) mass is 317 g/mol. The summed E-state index contributed by atoms with van der Waals surface area (Å²) in [5, 5.41) is 2.93. The molecule has 4 nitrogen and oxygen atoms in total. The lowest BCUT2D eigenvalue weighted by molar-refractivity contribution is 0.0902. The smallest absolute Gasteiger partial charge is 0.251 e. The molecule has 0 spiro atoms. The zero-order valence-corrected chi connectivity index (χ0v) is 13.5. The number of amides is 1. The fraction of sp³-hybridized carbons (Fsp3) is 0.500. The minimum absolute atomic E-state index is 0.198. The van der Waals surface area contributed by atoms with E-state index >= 15 is 0 Å². The van der Waals surface area contributed by atoms with Crippen LogP contribution in [0.1, 0.15) is 37.0 Å². The van der Waals surface area contributed by atoms with Crippen molar-refractivity contribution >= 4 is 27.3 Å². The SMILES string of the molecule is CCC(CC)(CCl)NC(=O)c1ccc(S(C)(=O)=O)cc1. The number of benzene rings is 1. The van der Waals surface area contributed by atoms with E-state index in [1.54, 1.807) is 0 Å². The van der Waals surface area contributed by atoms with Gasteiger partial charge in [-0.2, -0.15) is 0 Å². The van der Waals surface area contributed by atoms with Crippen LogP contribution in [0, 0.1) is 0 Å². The van der Waals surface area contributed by atoms with Crippen LogP contribution in [-0.4, -0.2) is 32.0 Å². The van der Waals surface area contributed by atoms with Gasteiger partial charge < -0.3 is 5.32 Å². The molecule has 112 valence electrons. The van der Waals surface area contributed by atoms with Crippen molar-refractivity contribution in [3.8, 4) is 0 Å². The first-order valence-corrected chi connectivity index (χ1v) is 8.89. The third-order valence-electron chi connectivity index (χ3n) is 3.53. The highest BCUT2D eigenvalue weighted by atomic mass is 35.5. The number of carbonyl (C=O) groups is 1. The summed E-state index contributed by atoms with van der Waals surface area (Å²) in [5.41, 5.74) is 0.00233. The van der Waals surface area contributed by atoms with E-state index in [1.165, 1.54) is 24.3 Å². The Bertz CT molecular complexity index is 554. The van der Waals surface area contributed by atoms with Gasteiger partial charge in [-0.05, 0) is 37.1 Å². The summed E-state index contributed by atoms with van der Waals surface area (Å²) in [4.78, 5) is 12.4. The lowest BCUT2D eigenvalue weighted by Crippen LogP contribution is -2.49. The zero-order chi connectivity index (χ0) is 15.4. The fourth-order valence-electron chi connectivity index (χ4n) is 1.82. The molecule has 0 bridgehead atoms. The van der Waals surface area contributed by atoms with Gasteiger partial charge in [-0.25, -0.2) is 8.42 Å². The number of hydrogen-bond donors (Lipinski definition) is 1. The number of hydrogen-bond acceptors (Lipinski definition) is 3. The highest BCUT2D eigenvalue weighted by Gasteiger charge is 2.27. The molecule has 0 aliphatic rings. The second kappa shape index (κ2) is 6.59. The molecule has 1 N–H and O–H groups in total. The van der Waals surface area contributed by atoms with Gasteiger partial charge in [0.05, 0.1) is 10.4 Å². The normalized spacial score (nSPS) is 12.2. The Hall–Kier alpha value is -1.07. The highest BCUT2D eigenvalue weighted by molar-refractivity contribution is 7.90. The third-order valence-corrected chi connectivity index (χ3v) is 5.17. The van der Waals surface area contributed by atoms with E-state index in [4.69, 9.17) is 11.6 Å². The van der Waals surface area contributed by atoms with Crippen LogP contribution in [0.15, 0.2) is 29.2 Å². The van der Waals surface area contributed by atoms with Crippen molar-refractivity contribution < 1.29 is 13.2 Å². The molecule has 0 radical (unpaired) electrons. The molecule has 0 heterocycles. The Morgan fingerprint density at radius 1 is 1.20 bits per heavy atom. The average Bonchev–Trinajstić information content (AvgIpc) is 2.44. The van der Waals surface area contributed by atoms with Gasteiger partial charge in [0.15, 0.2) is 9.84 Å². The van der Waals surface area contributed by atoms with E-state index in [0.717, 1.165) is 19.1 Å². The van der Waals surface area contributed by atoms with Gasteiger partial charge in [0.2, 0.25) is 0 Å². The molecule has 0 aliphatic carbocycles. The molecule has 1 amide bonds. The standard InChI is InChI=1S/C14H20ClNO3S/c1-4-14(5-2,10-15)16-13(17)11-6-8-12(9-7-11)20(3,18)19/h6-9H,4-5,10H2,1-3H3,(H,16,17). The zero-order valence-electron chi connectivity index (χ0n) is 11.9. The first-order chi connectivity index (χ1) is 9.28. The van der Waals surface area contributed by atoms with E-state index in [2.05, 4.69) is 5.32 Å². The van der Waals surface area contributed by atoms with Crippen molar-refractivity contribution in [1.82, 2.24) is 5.32 Å². The predicted octanol–water partition coefficient (Wildman–Crippen LogP) is 2.62. The van der Waals surface area contributed by atoms with Crippen LogP contribution in [0.5, 0.6) is 0 Å². The summed E-state index contributed by atoms with van der Waals surface area (Å²) in [6, 6.07) is 5.89. The number of rotatable bonds is 6. The molecule has 0 unspecified atom stereocenters. The van der Waals surface area contributed by atoms with E-state index in [9.17, 15) is 13.2 Å². The predicted molar refractivity (Wildman–Crippen MR) is 81.1 cm³/mol. The van der Waals surface area contributed by atoms with Gasteiger partial charge in [0, 0.05) is 17.7 Å². The second-order valence-electron chi connectivity index (χ2n) is 4.87. The fourth-order valence-corrected chi connectivity index (χ4v) is 2.89. The number of alkyl halides is 1. The van der Waals surface area contributed by atoms with Crippen LogP contribution >= 0.6 is 11.6 Å². The van der Waals surface area contributed by atoms with Crippen LogP contribution in [0.3, 0.4) is 0 Å². The quantitative estimate of drug-likeness (QED) is 0.820. The van der Waals surface area contributed by atoms with Crippen molar-refractivity contribution in [3.05, 3.63) is 29.8 Å². The maximum Gasteiger partial charge on any atom is 0.251 e. The van der Waals surface area contributed by atoms with Gasteiger partial charge in [0.25, 0.3) is 5.91 Å². The van der Waals surface area contributed by atoms with E-state index in [1.807, 2.05) is 13.8 Å². The van der Waals surface area contributed by atoms with Crippen molar-refractivity contribution in [3.63, 3.8) is 0 Å². The lowest BCUT2D eigenvalue weighted by atomic mass is 9.94. The van der Waals surface area contributed by atoms with Crippen LogP contribution in [-0.2, 0) is 9.84 Å². The van der Waals surface area contributed by atoms with Gasteiger partial charge in [-0.1, -0.05) is 13.8 Å². The Morgan fingerprint density at radius 2 is 1.70 bits per heavy atom. The van der Waals surface area contributed by atoms with Crippen molar-refractivity contribution in [2.24, 2.45) is 0 Å². The third kappa shape index (κ3) is 3.96. The Morgan fingerprint density at radius 3 is 2.05 bits per heavy atom. The van der Waals surface area contributed by atoms with E-state index in [0.29, 0.717) is 11.4 Å². The minimum Gasteiger partial charge on any atom is -0.345 e. The first kappa shape index (κ1) is 17.0. The van der Waals surface area contributed by atoms with Gasteiger partial charge >= 0.3 is 0 Å². The lowest BCUT2D eigenvalue weighted by Gasteiger charge is -2.30. The maximum atomic E-state index is 12.2. The van der Waals surface area contributed by atoms with Crippen LogP contribution in [0.25, 0.3) is 0 Å². The Balaban J connectivity index is 2.94. The molecule has 6 heteroatoms. The Kier molecular flexibility index (Phi) is 5.59. The Labute approximate surface area is 125 Å². The molecular weight excluding hydrogens is 298 g/mol. The van der Waals surface area contributed by atoms with E-state index < -0.39 is 15.4 Å². The second-order valence-corrected chi connectivity index (χ2v) is 7.15. The van der Waals surface area contributed by atoms with E-state index in [-0.39, 0.29) is 10.8 Å². The number of carbonyl (C=O) groups excluding carboxylic acids is 1. The molecule has 0 saturated heterocycles. The molecule has 0 aliphatic heterocycles. The van der Waals surface area contributed by atoms with Crippen molar-refractivity contribution in [1.29, 1.82) is 0 Å². The summed E-state index contributed by atoms with van der Waals surface area (Å²) < 4.78 is 22.7. The van der Waals surface area contributed by atoms with Crippen LogP contribution in [0.2, 0.25) is 0 Å². The summed E-state index contributed by atoms with van der Waals surface area (Å²) in [6.45, 7) is 3.94. The van der Waals surface area contributed by atoms with Gasteiger partial charge in [-0.3, -0.25) is 4.79 Å². The number of sulfone groups is 1. The van der Waals surface area contributed by atoms with Gasteiger partial charge in [0.1, 0.15) is 0 Å². The first-order valence-electron chi connectivity index (χ1n) is 6.46. The van der Waals surface area contributed by atoms with Crippen LogP contribution in [0.4, 0.5) is 0 Å². The minimum atomic E-state index is -3.25. The summed E-state index contributed by atoms with van der Waals surface area (Å²) >= 11 is 5.95. The molecule has 0 fully saturated rings. The molecule has 1 aromatic carbocycles. The van der Waals surface area contributed by atoms with Crippen molar-refractivity contribution in [2.75, 3.05) is 12.1 Å². The summed E-state index contributed by atoms with van der Waals surface area (Å²) in [5.74, 6) is 0.0991. The molecule has 1 aromatic rings. The van der Waals surface area contributed by atoms with Gasteiger partial charge in [-0.15, -0.1) is 11.6 Å². The molecule has 20 heavy (non-hydrogen) atoms. The molecular formula is C14H20ClNO3S. The largest absolute Gasteiger partial charge is 0.345 e. The van der Waals surface area contributed by atoms with Crippen LogP contribution < -0.4 is 5.32 Å². The molecule has 1 rings (SSSR count). The maximum absolute atomic E-state index is 12.2.